The van der Waals surface area contributed by atoms with Crippen LogP contribution in [0.15, 0.2) is 11.4 Å². The molecular formula is C7H5ClF5NS. The molecule has 1 aromatic rings. The first-order valence-corrected chi connectivity index (χ1v) is 4.86. The van der Waals surface area contributed by atoms with Crippen LogP contribution in [-0.4, -0.2) is 12.1 Å². The molecule has 0 bridgehead atoms. The first-order chi connectivity index (χ1) is 6.68. The van der Waals surface area contributed by atoms with E-state index in [2.05, 4.69) is 0 Å². The zero-order valence-electron chi connectivity index (χ0n) is 6.99. The Balaban J connectivity index is 3.05. The standard InChI is InChI=1S/C7H5ClF5NS/c8-3-1-2-15-4(3)5(14)6(9,10)7(11,12)13/h1-2,5H,14H2. The summed E-state index contributed by atoms with van der Waals surface area (Å²) in [7, 11) is 0. The van der Waals surface area contributed by atoms with Gasteiger partial charge in [0.15, 0.2) is 0 Å². The molecule has 8 heteroatoms. The summed E-state index contributed by atoms with van der Waals surface area (Å²) in [4.78, 5) is -0.376. The summed E-state index contributed by atoms with van der Waals surface area (Å²) in [6.07, 6.45) is -5.68. The SMILES string of the molecule is NC(c1sccc1Cl)C(F)(F)C(F)(F)F. The third kappa shape index (κ3) is 2.24. The molecule has 1 nitrogen and oxygen atoms in total. The first kappa shape index (κ1) is 12.7. The van der Waals surface area contributed by atoms with Crippen molar-refractivity contribution < 1.29 is 22.0 Å². The number of alkyl halides is 5. The fourth-order valence-electron chi connectivity index (χ4n) is 0.868. The molecule has 86 valence electrons. The zero-order valence-corrected chi connectivity index (χ0v) is 8.56. The number of hydrogen-bond donors (Lipinski definition) is 1. The molecule has 0 fully saturated rings. The Morgan fingerprint density at radius 2 is 1.80 bits per heavy atom. The van der Waals surface area contributed by atoms with Gasteiger partial charge in [-0.15, -0.1) is 11.3 Å². The second kappa shape index (κ2) is 3.88. The number of halogens is 6. The van der Waals surface area contributed by atoms with E-state index in [-0.39, 0.29) is 9.90 Å². The third-order valence-electron chi connectivity index (χ3n) is 1.70. The molecule has 2 N–H and O–H groups in total. The normalized spacial score (nSPS) is 15.4. The molecule has 15 heavy (non-hydrogen) atoms. The predicted molar refractivity (Wildman–Crippen MR) is 47.3 cm³/mol. The van der Waals surface area contributed by atoms with E-state index >= 15 is 0 Å². The van der Waals surface area contributed by atoms with Gasteiger partial charge in [0.05, 0.1) is 5.02 Å². The lowest BCUT2D eigenvalue weighted by Gasteiger charge is -2.25. The lowest BCUT2D eigenvalue weighted by Crippen LogP contribution is -2.45. The van der Waals surface area contributed by atoms with Crippen LogP contribution >= 0.6 is 22.9 Å². The van der Waals surface area contributed by atoms with Crippen LogP contribution in [0.2, 0.25) is 5.02 Å². The number of rotatable bonds is 2. The van der Waals surface area contributed by atoms with Gasteiger partial charge in [-0.05, 0) is 11.4 Å². The molecule has 0 saturated carbocycles. The lowest BCUT2D eigenvalue weighted by molar-refractivity contribution is -0.290. The number of nitrogens with two attached hydrogens (primary N) is 1. The van der Waals surface area contributed by atoms with Crippen LogP contribution in [0.25, 0.3) is 0 Å². The summed E-state index contributed by atoms with van der Waals surface area (Å²) in [6.45, 7) is 0. The van der Waals surface area contributed by atoms with E-state index in [1.807, 2.05) is 0 Å². The second-order valence-electron chi connectivity index (χ2n) is 2.73. The van der Waals surface area contributed by atoms with E-state index in [0.717, 1.165) is 0 Å². The second-order valence-corrected chi connectivity index (χ2v) is 4.09. The van der Waals surface area contributed by atoms with Crippen molar-refractivity contribution in [3.05, 3.63) is 21.3 Å². The highest BCUT2D eigenvalue weighted by Crippen LogP contribution is 2.45. The van der Waals surface area contributed by atoms with Crippen LogP contribution in [0, 0.1) is 0 Å². The molecule has 1 aromatic heterocycles. The molecule has 0 saturated heterocycles. The topological polar surface area (TPSA) is 26.0 Å². The van der Waals surface area contributed by atoms with Crippen molar-refractivity contribution >= 4 is 22.9 Å². The Morgan fingerprint density at radius 3 is 2.13 bits per heavy atom. The maximum Gasteiger partial charge on any atom is 0.455 e. The summed E-state index contributed by atoms with van der Waals surface area (Å²) in [5.41, 5.74) is 4.86. The molecule has 1 heterocycles. The summed E-state index contributed by atoms with van der Waals surface area (Å²) in [6, 6.07) is -1.25. The van der Waals surface area contributed by atoms with Crippen molar-refractivity contribution in [3.63, 3.8) is 0 Å². The fraction of sp³-hybridized carbons (Fsp3) is 0.429. The summed E-state index contributed by atoms with van der Waals surface area (Å²) < 4.78 is 61.3. The van der Waals surface area contributed by atoms with Crippen LogP contribution in [-0.2, 0) is 0 Å². The lowest BCUT2D eigenvalue weighted by atomic mass is 10.1. The van der Waals surface area contributed by atoms with Crippen LogP contribution in [0.3, 0.4) is 0 Å². The largest absolute Gasteiger partial charge is 0.455 e. The molecule has 0 spiro atoms. The highest BCUT2D eigenvalue weighted by atomic mass is 35.5. The summed E-state index contributed by atoms with van der Waals surface area (Å²) >= 11 is 6.08. The van der Waals surface area contributed by atoms with Gasteiger partial charge >= 0.3 is 12.1 Å². The molecule has 0 aliphatic heterocycles. The number of thiophene rings is 1. The van der Waals surface area contributed by atoms with Gasteiger partial charge in [-0.2, -0.15) is 22.0 Å². The average molecular weight is 266 g/mol. The highest BCUT2D eigenvalue weighted by molar-refractivity contribution is 7.10. The third-order valence-corrected chi connectivity index (χ3v) is 3.14. The molecular weight excluding hydrogens is 261 g/mol. The van der Waals surface area contributed by atoms with Crippen LogP contribution in [0.5, 0.6) is 0 Å². The summed E-state index contributed by atoms with van der Waals surface area (Å²) in [5.74, 6) is -4.98. The Labute approximate surface area is 90.6 Å². The van der Waals surface area contributed by atoms with Crippen molar-refractivity contribution in [3.8, 4) is 0 Å². The van der Waals surface area contributed by atoms with Crippen molar-refractivity contribution in [2.45, 2.75) is 18.1 Å². The van der Waals surface area contributed by atoms with Crippen molar-refractivity contribution in [1.29, 1.82) is 0 Å². The molecule has 1 unspecified atom stereocenters. The van der Waals surface area contributed by atoms with Gasteiger partial charge < -0.3 is 5.73 Å². The molecule has 1 rings (SSSR count). The highest BCUT2D eigenvalue weighted by Gasteiger charge is 2.62. The molecule has 0 amide bonds. The fourth-order valence-corrected chi connectivity index (χ4v) is 2.08. The maximum atomic E-state index is 12.8. The Morgan fingerprint density at radius 1 is 1.27 bits per heavy atom. The van der Waals surface area contributed by atoms with Crippen molar-refractivity contribution in [1.82, 2.24) is 0 Å². The minimum Gasteiger partial charge on any atom is -0.318 e. The molecule has 1 atom stereocenters. The van der Waals surface area contributed by atoms with E-state index < -0.39 is 18.1 Å². The Bertz CT molecular complexity index is 347. The molecule has 0 aliphatic carbocycles. The first-order valence-electron chi connectivity index (χ1n) is 3.61. The Kier molecular flexibility index (Phi) is 3.27. The van der Waals surface area contributed by atoms with E-state index in [0.29, 0.717) is 11.3 Å². The summed E-state index contributed by atoms with van der Waals surface area (Å²) in [5, 5.41) is 1.11. The van der Waals surface area contributed by atoms with Crippen molar-refractivity contribution in [2.75, 3.05) is 0 Å². The van der Waals surface area contributed by atoms with Gasteiger partial charge in [0.1, 0.15) is 6.04 Å². The van der Waals surface area contributed by atoms with E-state index in [9.17, 15) is 22.0 Å². The maximum absolute atomic E-state index is 12.8. The molecule has 0 aromatic carbocycles. The van der Waals surface area contributed by atoms with Gasteiger partial charge in [0.25, 0.3) is 0 Å². The minimum absolute atomic E-state index is 0.184. The van der Waals surface area contributed by atoms with Crippen LogP contribution < -0.4 is 5.73 Å². The predicted octanol–water partition coefficient (Wildman–Crippen LogP) is 3.60. The van der Waals surface area contributed by atoms with E-state index in [1.54, 1.807) is 0 Å². The minimum atomic E-state index is -5.68. The quantitative estimate of drug-likeness (QED) is 0.813. The van der Waals surface area contributed by atoms with Crippen molar-refractivity contribution in [2.24, 2.45) is 5.73 Å². The molecule has 0 aliphatic rings. The van der Waals surface area contributed by atoms with Gasteiger partial charge in [-0.1, -0.05) is 11.6 Å². The van der Waals surface area contributed by atoms with Gasteiger partial charge in [0.2, 0.25) is 0 Å². The average Bonchev–Trinajstić information content (AvgIpc) is 2.48. The monoisotopic (exact) mass is 265 g/mol. The smallest absolute Gasteiger partial charge is 0.318 e. The number of hydrogen-bond acceptors (Lipinski definition) is 2. The van der Waals surface area contributed by atoms with E-state index in [1.165, 1.54) is 11.4 Å². The van der Waals surface area contributed by atoms with Gasteiger partial charge in [-0.3, -0.25) is 0 Å². The van der Waals surface area contributed by atoms with Crippen LogP contribution in [0.1, 0.15) is 10.9 Å². The van der Waals surface area contributed by atoms with Gasteiger partial charge in [-0.25, -0.2) is 0 Å². The molecule has 0 radical (unpaired) electrons. The van der Waals surface area contributed by atoms with Gasteiger partial charge in [0, 0.05) is 4.88 Å². The Hall–Kier alpha value is -0.400. The van der Waals surface area contributed by atoms with E-state index in [4.69, 9.17) is 17.3 Å². The zero-order chi connectivity index (χ0) is 11.9. The van der Waals surface area contributed by atoms with Crippen LogP contribution in [0.4, 0.5) is 22.0 Å².